The van der Waals surface area contributed by atoms with Gasteiger partial charge in [0, 0.05) is 0 Å². The highest BCUT2D eigenvalue weighted by molar-refractivity contribution is 5.33. The number of unbranched alkanes of at least 4 members (excludes halogenated alkanes) is 2. The number of halogens is 2. The first-order chi connectivity index (χ1) is 10.2. The SMILES string of the molecule is CCCCCC1CCC(c2ccc(OC)c(F)c2F)CC1. The minimum absolute atomic E-state index is 0.00972. The number of methoxy groups -OCH3 is 1. The van der Waals surface area contributed by atoms with E-state index < -0.39 is 11.6 Å². The molecule has 0 amide bonds. The number of hydrogen-bond acceptors (Lipinski definition) is 1. The Bertz CT molecular complexity index is 451. The third-order valence-electron chi connectivity index (χ3n) is 4.80. The molecule has 1 aliphatic carbocycles. The second-order valence-corrected chi connectivity index (χ2v) is 6.20. The van der Waals surface area contributed by atoms with Gasteiger partial charge in [-0.05, 0) is 49.1 Å². The van der Waals surface area contributed by atoms with Gasteiger partial charge in [-0.2, -0.15) is 4.39 Å². The third kappa shape index (κ3) is 3.96. The summed E-state index contributed by atoms with van der Waals surface area (Å²) in [5, 5.41) is 0. The molecule has 0 heterocycles. The molecule has 0 atom stereocenters. The molecule has 118 valence electrons. The fourth-order valence-corrected chi connectivity index (χ4v) is 3.46. The molecular weight excluding hydrogens is 270 g/mol. The minimum Gasteiger partial charge on any atom is -0.494 e. The molecule has 0 bridgehead atoms. The molecular formula is C18H26F2O. The maximum absolute atomic E-state index is 14.1. The average Bonchev–Trinajstić information content (AvgIpc) is 2.51. The fourth-order valence-electron chi connectivity index (χ4n) is 3.46. The summed E-state index contributed by atoms with van der Waals surface area (Å²) in [4.78, 5) is 0. The van der Waals surface area contributed by atoms with Crippen LogP contribution in [0.3, 0.4) is 0 Å². The predicted molar refractivity (Wildman–Crippen MR) is 81.8 cm³/mol. The Kier molecular flexibility index (Phi) is 6.01. The number of benzene rings is 1. The lowest BCUT2D eigenvalue weighted by atomic mass is 9.77. The molecule has 1 aromatic carbocycles. The lowest BCUT2D eigenvalue weighted by Gasteiger charge is -2.29. The Morgan fingerprint density at radius 2 is 1.76 bits per heavy atom. The van der Waals surface area contributed by atoms with Crippen molar-refractivity contribution in [1.82, 2.24) is 0 Å². The van der Waals surface area contributed by atoms with Crippen LogP contribution in [0.25, 0.3) is 0 Å². The largest absolute Gasteiger partial charge is 0.494 e. The van der Waals surface area contributed by atoms with E-state index in [9.17, 15) is 8.78 Å². The van der Waals surface area contributed by atoms with Crippen LogP contribution in [0.1, 0.15) is 69.8 Å². The van der Waals surface area contributed by atoms with Gasteiger partial charge < -0.3 is 4.74 Å². The zero-order valence-electron chi connectivity index (χ0n) is 13.1. The van der Waals surface area contributed by atoms with Crippen LogP contribution < -0.4 is 4.74 Å². The van der Waals surface area contributed by atoms with Crippen LogP contribution in [0.2, 0.25) is 0 Å². The molecule has 21 heavy (non-hydrogen) atoms. The first-order valence-corrected chi connectivity index (χ1v) is 8.19. The highest BCUT2D eigenvalue weighted by atomic mass is 19.2. The second kappa shape index (κ2) is 7.77. The zero-order chi connectivity index (χ0) is 15.2. The van der Waals surface area contributed by atoms with E-state index in [1.807, 2.05) is 0 Å². The van der Waals surface area contributed by atoms with Crippen molar-refractivity contribution in [3.05, 3.63) is 29.3 Å². The Balaban J connectivity index is 1.95. The van der Waals surface area contributed by atoms with E-state index >= 15 is 0 Å². The highest BCUT2D eigenvalue weighted by Crippen LogP contribution is 2.39. The summed E-state index contributed by atoms with van der Waals surface area (Å²) in [7, 11) is 1.36. The van der Waals surface area contributed by atoms with Crippen molar-refractivity contribution in [3.8, 4) is 5.75 Å². The molecule has 0 N–H and O–H groups in total. The summed E-state index contributed by atoms with van der Waals surface area (Å²) in [6.45, 7) is 2.22. The molecule has 1 saturated carbocycles. The normalized spacial score (nSPS) is 22.3. The van der Waals surface area contributed by atoms with E-state index in [0.29, 0.717) is 5.56 Å². The van der Waals surface area contributed by atoms with E-state index in [2.05, 4.69) is 6.92 Å². The van der Waals surface area contributed by atoms with Gasteiger partial charge in [-0.25, -0.2) is 4.39 Å². The quantitative estimate of drug-likeness (QED) is 0.600. The lowest BCUT2D eigenvalue weighted by Crippen LogP contribution is -2.15. The molecule has 3 heteroatoms. The summed E-state index contributed by atoms with van der Waals surface area (Å²) >= 11 is 0. The molecule has 0 spiro atoms. The van der Waals surface area contributed by atoms with Crippen molar-refractivity contribution in [1.29, 1.82) is 0 Å². The summed E-state index contributed by atoms with van der Waals surface area (Å²) in [5.41, 5.74) is 0.528. The van der Waals surface area contributed by atoms with Crippen molar-refractivity contribution in [3.63, 3.8) is 0 Å². The topological polar surface area (TPSA) is 9.23 Å². The van der Waals surface area contributed by atoms with Crippen LogP contribution in [0, 0.1) is 17.6 Å². The smallest absolute Gasteiger partial charge is 0.200 e. The second-order valence-electron chi connectivity index (χ2n) is 6.20. The standard InChI is InChI=1S/C18H26F2O/c1-3-4-5-6-13-7-9-14(10-8-13)15-11-12-16(21-2)18(20)17(15)19/h11-14H,3-10H2,1-2H3. The van der Waals surface area contributed by atoms with Crippen molar-refractivity contribution >= 4 is 0 Å². The summed E-state index contributed by atoms with van der Waals surface area (Å²) < 4.78 is 32.7. The van der Waals surface area contributed by atoms with Crippen LogP contribution in [-0.4, -0.2) is 7.11 Å². The number of rotatable bonds is 6. The lowest BCUT2D eigenvalue weighted by molar-refractivity contribution is 0.296. The zero-order valence-corrected chi connectivity index (χ0v) is 13.1. The molecule has 1 nitrogen and oxygen atoms in total. The molecule has 1 aliphatic rings. The summed E-state index contributed by atoms with van der Waals surface area (Å²) in [6.07, 6.45) is 9.38. The van der Waals surface area contributed by atoms with Gasteiger partial charge in [0.1, 0.15) is 0 Å². The van der Waals surface area contributed by atoms with Gasteiger partial charge in [-0.1, -0.05) is 38.7 Å². The Hall–Kier alpha value is -1.12. The molecule has 0 aliphatic heterocycles. The number of hydrogen-bond donors (Lipinski definition) is 0. The van der Waals surface area contributed by atoms with E-state index in [1.165, 1.54) is 32.8 Å². The monoisotopic (exact) mass is 296 g/mol. The first kappa shape index (κ1) is 16.3. The molecule has 2 rings (SSSR count). The van der Waals surface area contributed by atoms with Gasteiger partial charge in [0.05, 0.1) is 7.11 Å². The molecule has 0 unspecified atom stereocenters. The Labute approximate surface area is 126 Å². The van der Waals surface area contributed by atoms with Crippen LogP contribution in [0.5, 0.6) is 5.75 Å². The van der Waals surface area contributed by atoms with Crippen LogP contribution in [0.4, 0.5) is 8.78 Å². The van der Waals surface area contributed by atoms with Gasteiger partial charge in [0.15, 0.2) is 11.6 Å². The maximum Gasteiger partial charge on any atom is 0.200 e. The molecule has 1 aromatic rings. The van der Waals surface area contributed by atoms with Gasteiger partial charge in [-0.3, -0.25) is 0 Å². The van der Waals surface area contributed by atoms with E-state index in [1.54, 1.807) is 12.1 Å². The average molecular weight is 296 g/mol. The van der Waals surface area contributed by atoms with Crippen molar-refractivity contribution in [2.24, 2.45) is 5.92 Å². The minimum atomic E-state index is -0.847. The highest BCUT2D eigenvalue weighted by Gasteiger charge is 2.26. The first-order valence-electron chi connectivity index (χ1n) is 8.19. The van der Waals surface area contributed by atoms with E-state index in [4.69, 9.17) is 4.74 Å². The molecule has 1 fully saturated rings. The van der Waals surface area contributed by atoms with Crippen LogP contribution >= 0.6 is 0 Å². The number of ether oxygens (including phenoxy) is 1. The van der Waals surface area contributed by atoms with E-state index in [0.717, 1.165) is 31.6 Å². The maximum atomic E-state index is 14.1. The molecule has 0 aromatic heterocycles. The Morgan fingerprint density at radius 1 is 1.05 bits per heavy atom. The van der Waals surface area contributed by atoms with Crippen molar-refractivity contribution < 1.29 is 13.5 Å². The van der Waals surface area contributed by atoms with Gasteiger partial charge in [0.25, 0.3) is 0 Å². The third-order valence-corrected chi connectivity index (χ3v) is 4.80. The van der Waals surface area contributed by atoms with Crippen molar-refractivity contribution in [2.45, 2.75) is 64.2 Å². The van der Waals surface area contributed by atoms with Gasteiger partial charge >= 0.3 is 0 Å². The van der Waals surface area contributed by atoms with Gasteiger partial charge in [-0.15, -0.1) is 0 Å². The van der Waals surface area contributed by atoms with E-state index in [-0.39, 0.29) is 11.7 Å². The summed E-state index contributed by atoms with van der Waals surface area (Å²) in [6, 6.07) is 3.24. The predicted octanol–water partition coefficient (Wildman–Crippen LogP) is 5.83. The van der Waals surface area contributed by atoms with Crippen LogP contribution in [-0.2, 0) is 0 Å². The molecule has 0 saturated heterocycles. The molecule has 0 radical (unpaired) electrons. The summed E-state index contributed by atoms with van der Waals surface area (Å²) in [5.74, 6) is -0.639. The van der Waals surface area contributed by atoms with Crippen LogP contribution in [0.15, 0.2) is 12.1 Å². The van der Waals surface area contributed by atoms with Crippen molar-refractivity contribution in [2.75, 3.05) is 7.11 Å². The van der Waals surface area contributed by atoms with Gasteiger partial charge in [0.2, 0.25) is 5.82 Å². The Morgan fingerprint density at radius 3 is 2.38 bits per heavy atom. The fraction of sp³-hybridized carbons (Fsp3) is 0.667.